The number of carbonyl (C=O) groups excluding carboxylic acids is 1. The molecule has 0 aromatic heterocycles. The first-order chi connectivity index (χ1) is 9.49. The van der Waals surface area contributed by atoms with E-state index in [1.807, 2.05) is 0 Å². The van der Waals surface area contributed by atoms with Gasteiger partial charge >= 0.3 is 5.97 Å². The molecule has 0 radical (unpaired) electrons. The molecular weight excluding hydrogens is 261 g/mol. The summed E-state index contributed by atoms with van der Waals surface area (Å²) in [5.41, 5.74) is 0.493. The molecule has 1 aliphatic carbocycles. The summed E-state index contributed by atoms with van der Waals surface area (Å²) in [6.45, 7) is 0. The van der Waals surface area contributed by atoms with Crippen molar-refractivity contribution in [3.63, 3.8) is 0 Å². The maximum absolute atomic E-state index is 13.2. The fourth-order valence-corrected chi connectivity index (χ4v) is 2.72. The van der Waals surface area contributed by atoms with E-state index in [1.54, 1.807) is 19.2 Å². The average molecular weight is 279 g/mol. The zero-order valence-corrected chi connectivity index (χ0v) is 11.4. The Hall–Kier alpha value is -1.91. The van der Waals surface area contributed by atoms with Crippen molar-refractivity contribution < 1.29 is 19.1 Å². The number of nitrogens with zero attached hydrogens (tertiary/aromatic N) is 1. The van der Waals surface area contributed by atoms with Crippen molar-refractivity contribution in [1.29, 1.82) is 0 Å². The van der Waals surface area contributed by atoms with Crippen LogP contribution < -0.4 is 4.90 Å². The van der Waals surface area contributed by atoms with Crippen LogP contribution in [0.25, 0.3) is 0 Å². The summed E-state index contributed by atoms with van der Waals surface area (Å²) in [5, 5.41) is 9.06. The van der Waals surface area contributed by atoms with Crippen LogP contribution in [0.3, 0.4) is 0 Å². The molecule has 2 rings (SSSR count). The average Bonchev–Trinajstić information content (AvgIpc) is 2.45. The van der Waals surface area contributed by atoms with E-state index in [-0.39, 0.29) is 11.8 Å². The van der Waals surface area contributed by atoms with E-state index in [2.05, 4.69) is 0 Å². The van der Waals surface area contributed by atoms with Gasteiger partial charge in [-0.15, -0.1) is 0 Å². The maximum Gasteiger partial charge on any atom is 0.306 e. The van der Waals surface area contributed by atoms with E-state index in [0.29, 0.717) is 24.9 Å². The van der Waals surface area contributed by atoms with E-state index < -0.39 is 17.7 Å². The second-order valence-corrected chi connectivity index (χ2v) is 5.28. The van der Waals surface area contributed by atoms with Crippen LogP contribution in [-0.4, -0.2) is 24.0 Å². The van der Waals surface area contributed by atoms with Crippen molar-refractivity contribution in [2.75, 3.05) is 11.9 Å². The number of benzene rings is 1. The van der Waals surface area contributed by atoms with E-state index in [0.717, 1.165) is 6.42 Å². The van der Waals surface area contributed by atoms with Gasteiger partial charge in [-0.25, -0.2) is 4.39 Å². The maximum atomic E-state index is 13.2. The van der Waals surface area contributed by atoms with Gasteiger partial charge in [-0.1, -0.05) is 12.5 Å². The van der Waals surface area contributed by atoms with Gasteiger partial charge in [0.2, 0.25) is 5.91 Å². The molecule has 0 saturated heterocycles. The number of rotatable bonds is 3. The molecular formula is C15H18FNO3. The van der Waals surface area contributed by atoms with Crippen LogP contribution in [0, 0.1) is 17.7 Å². The minimum absolute atomic E-state index is 0.137. The number of amides is 1. The summed E-state index contributed by atoms with van der Waals surface area (Å²) < 4.78 is 13.2. The fourth-order valence-electron chi connectivity index (χ4n) is 2.72. The van der Waals surface area contributed by atoms with Gasteiger partial charge in [-0.2, -0.15) is 0 Å². The number of carboxylic acids is 1. The normalized spacial score (nSPS) is 22.3. The van der Waals surface area contributed by atoms with Crippen molar-refractivity contribution in [3.8, 4) is 0 Å². The topological polar surface area (TPSA) is 57.6 Å². The van der Waals surface area contributed by atoms with Crippen molar-refractivity contribution >= 4 is 17.6 Å². The number of aliphatic carboxylic acids is 1. The first-order valence-corrected chi connectivity index (χ1v) is 6.75. The highest BCUT2D eigenvalue weighted by molar-refractivity contribution is 5.94. The molecule has 1 fully saturated rings. The first kappa shape index (κ1) is 14.5. The van der Waals surface area contributed by atoms with Gasteiger partial charge in [0.1, 0.15) is 5.82 Å². The first-order valence-electron chi connectivity index (χ1n) is 6.75. The lowest BCUT2D eigenvalue weighted by atomic mass is 9.81. The molecule has 1 aromatic carbocycles. The monoisotopic (exact) mass is 279 g/mol. The quantitative estimate of drug-likeness (QED) is 0.925. The van der Waals surface area contributed by atoms with Crippen molar-refractivity contribution in [2.24, 2.45) is 11.8 Å². The highest BCUT2D eigenvalue weighted by atomic mass is 19.1. The third-order valence-electron chi connectivity index (χ3n) is 3.90. The lowest BCUT2D eigenvalue weighted by Crippen LogP contribution is -2.36. The Morgan fingerprint density at radius 2 is 2.00 bits per heavy atom. The standard InChI is InChI=1S/C15H18FNO3/c1-17(13-7-3-6-12(16)9-13)14(18)10-4-2-5-11(8-10)15(19)20/h3,6-7,9-11H,2,4-5,8H2,1H3,(H,19,20). The summed E-state index contributed by atoms with van der Waals surface area (Å²) in [6, 6.07) is 5.84. The predicted octanol–water partition coefficient (Wildman–Crippen LogP) is 2.68. The molecule has 0 spiro atoms. The number of hydrogen-bond donors (Lipinski definition) is 1. The second-order valence-electron chi connectivity index (χ2n) is 5.28. The van der Waals surface area contributed by atoms with Gasteiger partial charge in [-0.05, 0) is 37.5 Å². The van der Waals surface area contributed by atoms with E-state index >= 15 is 0 Å². The van der Waals surface area contributed by atoms with Crippen LogP contribution in [-0.2, 0) is 9.59 Å². The summed E-state index contributed by atoms with van der Waals surface area (Å²) in [5.74, 6) is -2.11. The second kappa shape index (κ2) is 6.03. The van der Waals surface area contributed by atoms with Gasteiger partial charge in [0, 0.05) is 18.7 Å². The number of hydrogen-bond acceptors (Lipinski definition) is 2. The molecule has 0 heterocycles. The van der Waals surface area contributed by atoms with Crippen molar-refractivity contribution in [2.45, 2.75) is 25.7 Å². The van der Waals surface area contributed by atoms with Crippen LogP contribution in [0.4, 0.5) is 10.1 Å². The van der Waals surface area contributed by atoms with Crippen LogP contribution in [0.2, 0.25) is 0 Å². The number of carboxylic acid groups (broad SMARTS) is 1. The number of halogens is 1. The summed E-state index contributed by atoms with van der Waals surface area (Å²) in [6.07, 6.45) is 2.43. The van der Waals surface area contributed by atoms with E-state index in [4.69, 9.17) is 5.11 Å². The molecule has 0 bridgehead atoms. The molecule has 0 aliphatic heterocycles. The van der Waals surface area contributed by atoms with Gasteiger partial charge in [0.25, 0.3) is 0 Å². The Morgan fingerprint density at radius 1 is 1.30 bits per heavy atom. The van der Waals surface area contributed by atoms with Crippen LogP contribution in [0.15, 0.2) is 24.3 Å². The third kappa shape index (κ3) is 3.15. The molecule has 1 aliphatic rings. The Labute approximate surface area is 117 Å². The van der Waals surface area contributed by atoms with Crippen molar-refractivity contribution in [3.05, 3.63) is 30.1 Å². The SMILES string of the molecule is CN(C(=O)C1CCCC(C(=O)O)C1)c1cccc(F)c1. The predicted molar refractivity (Wildman–Crippen MR) is 72.9 cm³/mol. The lowest BCUT2D eigenvalue weighted by Gasteiger charge is -2.29. The summed E-state index contributed by atoms with van der Waals surface area (Å²) >= 11 is 0. The van der Waals surface area contributed by atoms with Gasteiger partial charge in [0.05, 0.1) is 5.92 Å². The molecule has 1 amide bonds. The van der Waals surface area contributed by atoms with Gasteiger partial charge in [0.15, 0.2) is 0 Å². The number of anilines is 1. The highest BCUT2D eigenvalue weighted by Crippen LogP contribution is 2.31. The minimum Gasteiger partial charge on any atom is -0.481 e. The van der Waals surface area contributed by atoms with Gasteiger partial charge < -0.3 is 10.0 Å². The molecule has 2 atom stereocenters. The molecule has 1 saturated carbocycles. The fraction of sp³-hybridized carbons (Fsp3) is 0.467. The number of carbonyl (C=O) groups is 2. The van der Waals surface area contributed by atoms with E-state index in [1.165, 1.54) is 17.0 Å². The zero-order chi connectivity index (χ0) is 14.7. The molecule has 1 N–H and O–H groups in total. The molecule has 4 nitrogen and oxygen atoms in total. The smallest absolute Gasteiger partial charge is 0.306 e. The van der Waals surface area contributed by atoms with Crippen molar-refractivity contribution in [1.82, 2.24) is 0 Å². The van der Waals surface area contributed by atoms with Crippen LogP contribution in [0.1, 0.15) is 25.7 Å². The lowest BCUT2D eigenvalue weighted by molar-refractivity contribution is -0.143. The van der Waals surface area contributed by atoms with Crippen LogP contribution >= 0.6 is 0 Å². The molecule has 5 heteroatoms. The Bertz CT molecular complexity index is 518. The molecule has 1 aromatic rings. The van der Waals surface area contributed by atoms with E-state index in [9.17, 15) is 14.0 Å². The minimum atomic E-state index is -0.837. The molecule has 2 unspecified atom stereocenters. The third-order valence-corrected chi connectivity index (χ3v) is 3.90. The molecule has 20 heavy (non-hydrogen) atoms. The largest absolute Gasteiger partial charge is 0.481 e. The zero-order valence-electron chi connectivity index (χ0n) is 11.4. The Morgan fingerprint density at radius 3 is 2.65 bits per heavy atom. The summed E-state index contributed by atoms with van der Waals surface area (Å²) in [4.78, 5) is 24.8. The van der Waals surface area contributed by atoms with Gasteiger partial charge in [-0.3, -0.25) is 9.59 Å². The summed E-state index contributed by atoms with van der Waals surface area (Å²) in [7, 11) is 1.60. The molecule has 108 valence electrons. The Balaban J connectivity index is 2.08. The highest BCUT2D eigenvalue weighted by Gasteiger charge is 2.32. The van der Waals surface area contributed by atoms with Crippen LogP contribution in [0.5, 0.6) is 0 Å². The Kier molecular flexibility index (Phi) is 4.37.